The summed E-state index contributed by atoms with van der Waals surface area (Å²) in [5.41, 5.74) is -0.119. The van der Waals surface area contributed by atoms with Crippen LogP contribution in [0.25, 0.3) is 0 Å². The van der Waals surface area contributed by atoms with Crippen molar-refractivity contribution in [1.82, 2.24) is 15.1 Å². The first-order valence-electron chi connectivity index (χ1n) is 8.00. The Kier molecular flexibility index (Phi) is 6.01. The third-order valence-corrected chi connectivity index (χ3v) is 3.99. The maximum absolute atomic E-state index is 12.3. The molecule has 0 aliphatic heterocycles. The van der Waals surface area contributed by atoms with Gasteiger partial charge in [0.2, 0.25) is 0 Å². The van der Waals surface area contributed by atoms with E-state index in [1.54, 1.807) is 50.0 Å². The van der Waals surface area contributed by atoms with Gasteiger partial charge in [0.1, 0.15) is 5.60 Å². The van der Waals surface area contributed by atoms with Crippen LogP contribution in [-0.2, 0) is 4.74 Å². The van der Waals surface area contributed by atoms with Gasteiger partial charge in [0.15, 0.2) is 0 Å². The third-order valence-electron chi connectivity index (χ3n) is 3.58. The number of ether oxygens (including phenoxy) is 1. The van der Waals surface area contributed by atoms with Gasteiger partial charge in [0, 0.05) is 18.3 Å². The number of hydrogen-bond acceptors (Lipinski definition) is 5. The molecule has 1 aromatic heterocycles. The number of benzene rings is 1. The Morgan fingerprint density at radius 2 is 2.12 bits per heavy atom. The average Bonchev–Trinajstić information content (AvgIpc) is 2.97. The SMILES string of the molecule is CC(C(NC(=O)OC(C)(C)C)c1cccc([N+](=O)[O-])c1)n1cc(Br)cn1. The number of non-ortho nitro benzene ring substituents is 1. The predicted octanol–water partition coefficient (Wildman–Crippen LogP) is 4.38. The maximum atomic E-state index is 12.3. The van der Waals surface area contributed by atoms with Crippen molar-refractivity contribution in [3.05, 3.63) is 56.8 Å². The number of nitro groups is 1. The van der Waals surface area contributed by atoms with Gasteiger partial charge in [-0.3, -0.25) is 14.8 Å². The van der Waals surface area contributed by atoms with E-state index >= 15 is 0 Å². The second kappa shape index (κ2) is 7.86. The molecule has 140 valence electrons. The van der Waals surface area contributed by atoms with Crippen LogP contribution >= 0.6 is 15.9 Å². The molecule has 2 atom stereocenters. The van der Waals surface area contributed by atoms with Crippen molar-refractivity contribution in [2.24, 2.45) is 0 Å². The fourth-order valence-corrected chi connectivity index (χ4v) is 2.74. The van der Waals surface area contributed by atoms with Crippen molar-refractivity contribution in [1.29, 1.82) is 0 Å². The molecule has 1 heterocycles. The number of aromatic nitrogens is 2. The standard InChI is InChI=1S/C17H21BrN4O4/c1-11(21-10-13(18)9-19-21)15(20-16(23)26-17(2,3)4)12-6-5-7-14(8-12)22(24)25/h5-11,15H,1-4H3,(H,20,23). The minimum Gasteiger partial charge on any atom is -0.444 e. The zero-order chi connectivity index (χ0) is 19.5. The van der Waals surface area contributed by atoms with E-state index in [9.17, 15) is 14.9 Å². The number of rotatable bonds is 5. The quantitative estimate of drug-likeness (QED) is 0.566. The third kappa shape index (κ3) is 5.29. The van der Waals surface area contributed by atoms with Gasteiger partial charge in [0.05, 0.1) is 27.7 Å². The molecule has 1 aromatic carbocycles. The van der Waals surface area contributed by atoms with E-state index in [0.717, 1.165) is 4.47 Å². The zero-order valence-corrected chi connectivity index (χ0v) is 16.6. The van der Waals surface area contributed by atoms with Crippen LogP contribution in [0.5, 0.6) is 0 Å². The van der Waals surface area contributed by atoms with Crippen LogP contribution in [0.15, 0.2) is 41.1 Å². The lowest BCUT2D eigenvalue weighted by atomic mass is 10.00. The van der Waals surface area contributed by atoms with Crippen LogP contribution in [0.3, 0.4) is 0 Å². The first-order chi connectivity index (χ1) is 12.1. The number of alkyl carbamates (subject to hydrolysis) is 1. The first-order valence-corrected chi connectivity index (χ1v) is 8.79. The van der Waals surface area contributed by atoms with Crippen LogP contribution in [-0.4, -0.2) is 26.4 Å². The van der Waals surface area contributed by atoms with Gasteiger partial charge in [0.25, 0.3) is 5.69 Å². The van der Waals surface area contributed by atoms with Crippen molar-refractivity contribution < 1.29 is 14.5 Å². The van der Waals surface area contributed by atoms with Crippen molar-refractivity contribution in [3.8, 4) is 0 Å². The molecule has 2 rings (SSSR count). The zero-order valence-electron chi connectivity index (χ0n) is 15.0. The smallest absolute Gasteiger partial charge is 0.408 e. The molecule has 0 aliphatic carbocycles. The molecular formula is C17H21BrN4O4. The molecular weight excluding hydrogens is 404 g/mol. The Labute approximate surface area is 159 Å². The predicted molar refractivity (Wildman–Crippen MR) is 99.8 cm³/mol. The second-order valence-corrected chi connectivity index (χ2v) is 7.77. The van der Waals surface area contributed by atoms with Gasteiger partial charge in [-0.15, -0.1) is 0 Å². The van der Waals surface area contributed by atoms with Gasteiger partial charge in [-0.25, -0.2) is 4.79 Å². The largest absolute Gasteiger partial charge is 0.444 e. The van der Waals surface area contributed by atoms with Gasteiger partial charge >= 0.3 is 6.09 Å². The highest BCUT2D eigenvalue weighted by Crippen LogP contribution is 2.29. The highest BCUT2D eigenvalue weighted by molar-refractivity contribution is 9.10. The summed E-state index contributed by atoms with van der Waals surface area (Å²) >= 11 is 3.34. The molecule has 0 spiro atoms. The number of nitrogens with zero attached hydrogens (tertiary/aromatic N) is 3. The molecule has 0 saturated heterocycles. The minimum atomic E-state index is -0.657. The van der Waals surface area contributed by atoms with E-state index in [1.165, 1.54) is 12.1 Å². The highest BCUT2D eigenvalue weighted by Gasteiger charge is 2.27. The molecule has 2 unspecified atom stereocenters. The minimum absolute atomic E-state index is 0.0488. The molecule has 0 saturated carbocycles. The monoisotopic (exact) mass is 424 g/mol. The Balaban J connectivity index is 2.36. The molecule has 26 heavy (non-hydrogen) atoms. The Morgan fingerprint density at radius 1 is 1.42 bits per heavy atom. The van der Waals surface area contributed by atoms with Gasteiger partial charge in [-0.2, -0.15) is 5.10 Å². The van der Waals surface area contributed by atoms with Crippen molar-refractivity contribution in [3.63, 3.8) is 0 Å². The first kappa shape index (κ1) is 19.9. The molecule has 2 aromatic rings. The summed E-state index contributed by atoms with van der Waals surface area (Å²) in [5, 5.41) is 18.1. The lowest BCUT2D eigenvalue weighted by Crippen LogP contribution is -2.38. The van der Waals surface area contributed by atoms with E-state index in [-0.39, 0.29) is 11.7 Å². The number of carbonyl (C=O) groups excluding carboxylic acids is 1. The van der Waals surface area contributed by atoms with Gasteiger partial charge < -0.3 is 10.1 Å². The molecule has 1 N–H and O–H groups in total. The van der Waals surface area contributed by atoms with Crippen molar-refractivity contribution >= 4 is 27.7 Å². The summed E-state index contributed by atoms with van der Waals surface area (Å²) in [6, 6.07) is 5.28. The summed E-state index contributed by atoms with van der Waals surface area (Å²) in [6.45, 7) is 7.16. The number of carbonyl (C=O) groups is 1. The summed E-state index contributed by atoms with van der Waals surface area (Å²) in [4.78, 5) is 22.9. The molecule has 1 amide bonds. The van der Waals surface area contributed by atoms with E-state index in [1.807, 2.05) is 6.92 Å². The highest BCUT2D eigenvalue weighted by atomic mass is 79.9. The van der Waals surface area contributed by atoms with Gasteiger partial charge in [-0.05, 0) is 49.2 Å². The molecule has 9 heteroatoms. The lowest BCUT2D eigenvalue weighted by Gasteiger charge is -2.28. The van der Waals surface area contributed by atoms with E-state index < -0.39 is 22.7 Å². The molecule has 0 radical (unpaired) electrons. The second-order valence-electron chi connectivity index (χ2n) is 6.86. The molecule has 0 aliphatic rings. The van der Waals surface area contributed by atoms with E-state index in [0.29, 0.717) is 5.56 Å². The van der Waals surface area contributed by atoms with Gasteiger partial charge in [-0.1, -0.05) is 12.1 Å². The molecule has 0 bridgehead atoms. The molecule has 0 fully saturated rings. The number of hydrogen-bond donors (Lipinski definition) is 1. The number of amides is 1. The summed E-state index contributed by atoms with van der Waals surface area (Å²) < 4.78 is 7.80. The number of nitro benzene ring substituents is 1. The normalized spacial score (nSPS) is 13.7. The van der Waals surface area contributed by atoms with E-state index in [2.05, 4.69) is 26.3 Å². The number of nitrogens with one attached hydrogen (secondary N) is 1. The lowest BCUT2D eigenvalue weighted by molar-refractivity contribution is -0.384. The Bertz CT molecular complexity index is 800. The Morgan fingerprint density at radius 3 is 2.65 bits per heavy atom. The van der Waals surface area contributed by atoms with Crippen LogP contribution < -0.4 is 5.32 Å². The van der Waals surface area contributed by atoms with Crippen LogP contribution in [0.1, 0.15) is 45.3 Å². The number of halogens is 1. The maximum Gasteiger partial charge on any atom is 0.408 e. The van der Waals surface area contributed by atoms with Crippen LogP contribution in [0.4, 0.5) is 10.5 Å². The topological polar surface area (TPSA) is 99.3 Å². The average molecular weight is 425 g/mol. The Hall–Kier alpha value is -2.42. The summed E-state index contributed by atoms with van der Waals surface area (Å²) in [7, 11) is 0. The van der Waals surface area contributed by atoms with E-state index in [4.69, 9.17) is 4.74 Å². The van der Waals surface area contributed by atoms with Crippen molar-refractivity contribution in [2.75, 3.05) is 0 Å². The fourth-order valence-electron chi connectivity index (χ4n) is 2.44. The van der Waals surface area contributed by atoms with Crippen molar-refractivity contribution in [2.45, 2.75) is 45.4 Å². The van der Waals surface area contributed by atoms with Crippen LogP contribution in [0.2, 0.25) is 0 Å². The fraction of sp³-hybridized carbons (Fsp3) is 0.412. The summed E-state index contributed by atoms with van der Waals surface area (Å²) in [5.74, 6) is 0. The van der Waals surface area contributed by atoms with Crippen LogP contribution in [0, 0.1) is 10.1 Å². The molecule has 8 nitrogen and oxygen atoms in total. The summed E-state index contributed by atoms with van der Waals surface area (Å²) in [6.07, 6.45) is 2.80.